The fraction of sp³-hybridized carbons (Fsp3) is 0.200. The second-order valence-corrected chi connectivity index (χ2v) is 6.71. The molecule has 0 radical (unpaired) electrons. The predicted octanol–water partition coefficient (Wildman–Crippen LogP) is 4.16. The second kappa shape index (κ2) is 7.17. The monoisotopic (exact) mass is 365 g/mol. The quantitative estimate of drug-likeness (QED) is 0.683. The van der Waals surface area contributed by atoms with Crippen LogP contribution in [0, 0.1) is 0 Å². The van der Waals surface area contributed by atoms with Gasteiger partial charge in [-0.15, -0.1) is 0 Å². The number of carbonyl (C=O) groups is 1. The Kier molecular flexibility index (Phi) is 4.58. The minimum absolute atomic E-state index is 0.236. The number of benzene rings is 2. The lowest BCUT2D eigenvalue weighted by Gasteiger charge is -2.18. The normalized spacial score (nSPS) is 13.8. The molecular formula is C20H19N3O2S. The van der Waals surface area contributed by atoms with E-state index in [0.717, 1.165) is 24.2 Å². The van der Waals surface area contributed by atoms with E-state index in [-0.39, 0.29) is 16.8 Å². The van der Waals surface area contributed by atoms with E-state index in [2.05, 4.69) is 27.7 Å². The largest absolute Gasteiger partial charge is 0.451 e. The number of nitrogens with zero attached hydrogens (tertiary/aromatic N) is 1. The van der Waals surface area contributed by atoms with Gasteiger partial charge in [0, 0.05) is 29.9 Å². The van der Waals surface area contributed by atoms with Crippen molar-refractivity contribution in [3.05, 3.63) is 60.4 Å². The van der Waals surface area contributed by atoms with Gasteiger partial charge in [0.15, 0.2) is 10.9 Å². The number of fused-ring (bicyclic) bond motifs is 1. The topological polar surface area (TPSA) is 57.5 Å². The van der Waals surface area contributed by atoms with Crippen LogP contribution in [0.3, 0.4) is 0 Å². The summed E-state index contributed by atoms with van der Waals surface area (Å²) in [7, 11) is 0. The number of hydrogen-bond donors (Lipinski definition) is 2. The maximum Gasteiger partial charge on any atom is 0.293 e. The summed E-state index contributed by atoms with van der Waals surface area (Å²) < 4.78 is 5.55. The fourth-order valence-corrected chi connectivity index (χ4v) is 3.36. The molecule has 2 N–H and O–H groups in total. The molecule has 2 aromatic carbocycles. The number of para-hydroxylation sites is 1. The zero-order valence-corrected chi connectivity index (χ0v) is 15.0. The standard InChI is InChI=1S/C20H19N3O2S/c24-19(18-13-14-5-1-2-6-17(14)25-18)22-20(26)21-15-7-9-16(10-8-15)23-11-3-4-12-23/h1-2,5-10,13H,3-4,11-12H2,(H2,21,22,24,26). The zero-order chi connectivity index (χ0) is 17.9. The zero-order valence-electron chi connectivity index (χ0n) is 14.2. The lowest BCUT2D eigenvalue weighted by Crippen LogP contribution is -2.33. The van der Waals surface area contributed by atoms with Crippen LogP contribution in [0.25, 0.3) is 11.0 Å². The van der Waals surface area contributed by atoms with Crippen molar-refractivity contribution in [2.45, 2.75) is 12.8 Å². The summed E-state index contributed by atoms with van der Waals surface area (Å²) in [5, 5.41) is 6.81. The van der Waals surface area contributed by atoms with Crippen molar-refractivity contribution in [2.75, 3.05) is 23.3 Å². The van der Waals surface area contributed by atoms with Crippen LogP contribution >= 0.6 is 12.2 Å². The van der Waals surface area contributed by atoms with Crippen LogP contribution in [0.15, 0.2) is 59.0 Å². The lowest BCUT2D eigenvalue weighted by atomic mass is 10.2. The Bertz CT molecular complexity index is 910. The summed E-state index contributed by atoms with van der Waals surface area (Å²) in [6, 6.07) is 17.3. The molecule has 132 valence electrons. The first-order valence-corrected chi connectivity index (χ1v) is 9.06. The van der Waals surface area contributed by atoms with Crippen molar-refractivity contribution in [2.24, 2.45) is 0 Å². The number of carbonyl (C=O) groups excluding carboxylic acids is 1. The molecule has 0 aliphatic carbocycles. The average Bonchev–Trinajstić information content (AvgIpc) is 3.32. The highest BCUT2D eigenvalue weighted by atomic mass is 32.1. The Labute approximate surface area is 157 Å². The maximum atomic E-state index is 12.3. The molecule has 1 aliphatic rings. The van der Waals surface area contributed by atoms with E-state index in [9.17, 15) is 4.79 Å². The molecule has 26 heavy (non-hydrogen) atoms. The van der Waals surface area contributed by atoms with Gasteiger partial charge in [0.2, 0.25) is 0 Å². The number of thiocarbonyl (C=S) groups is 1. The van der Waals surface area contributed by atoms with Crippen LogP contribution in [0.2, 0.25) is 0 Å². The highest BCUT2D eigenvalue weighted by Crippen LogP contribution is 2.22. The van der Waals surface area contributed by atoms with Gasteiger partial charge in [0.1, 0.15) is 5.58 Å². The Balaban J connectivity index is 1.37. The summed E-state index contributed by atoms with van der Waals surface area (Å²) in [5.41, 5.74) is 2.72. The molecule has 1 aromatic heterocycles. The fourth-order valence-electron chi connectivity index (χ4n) is 3.15. The van der Waals surface area contributed by atoms with Gasteiger partial charge < -0.3 is 14.6 Å². The second-order valence-electron chi connectivity index (χ2n) is 6.30. The molecule has 0 saturated carbocycles. The van der Waals surface area contributed by atoms with Crippen molar-refractivity contribution in [3.63, 3.8) is 0 Å². The Morgan fingerprint density at radius 3 is 2.50 bits per heavy atom. The summed E-state index contributed by atoms with van der Waals surface area (Å²) in [4.78, 5) is 14.7. The first-order chi connectivity index (χ1) is 12.7. The van der Waals surface area contributed by atoms with Crippen LogP contribution in [0.1, 0.15) is 23.4 Å². The molecule has 1 aliphatic heterocycles. The van der Waals surface area contributed by atoms with E-state index in [1.165, 1.54) is 18.5 Å². The van der Waals surface area contributed by atoms with Crippen molar-refractivity contribution in [3.8, 4) is 0 Å². The Morgan fingerprint density at radius 2 is 1.77 bits per heavy atom. The number of anilines is 2. The summed E-state index contributed by atoms with van der Waals surface area (Å²) in [6.45, 7) is 2.22. The SMILES string of the molecule is O=C(NC(=S)Nc1ccc(N2CCCC2)cc1)c1cc2ccccc2o1. The molecule has 4 rings (SSSR count). The molecule has 0 bridgehead atoms. The molecule has 2 heterocycles. The lowest BCUT2D eigenvalue weighted by molar-refractivity contribution is 0.0953. The molecular weight excluding hydrogens is 346 g/mol. The van der Waals surface area contributed by atoms with Crippen molar-refractivity contribution >= 4 is 45.6 Å². The third kappa shape index (κ3) is 3.55. The molecule has 5 nitrogen and oxygen atoms in total. The number of rotatable bonds is 3. The number of hydrogen-bond acceptors (Lipinski definition) is 4. The van der Waals surface area contributed by atoms with Gasteiger partial charge in [-0.3, -0.25) is 10.1 Å². The average molecular weight is 365 g/mol. The smallest absolute Gasteiger partial charge is 0.293 e. The van der Waals surface area contributed by atoms with Gasteiger partial charge in [-0.1, -0.05) is 18.2 Å². The van der Waals surface area contributed by atoms with E-state index in [4.69, 9.17) is 16.6 Å². The Morgan fingerprint density at radius 1 is 1.04 bits per heavy atom. The van der Waals surface area contributed by atoms with Gasteiger partial charge >= 0.3 is 0 Å². The third-order valence-electron chi connectivity index (χ3n) is 4.47. The molecule has 3 aromatic rings. The molecule has 1 fully saturated rings. The number of amides is 1. The van der Waals surface area contributed by atoms with E-state index in [0.29, 0.717) is 5.58 Å². The van der Waals surface area contributed by atoms with Crippen molar-refractivity contribution in [1.29, 1.82) is 0 Å². The molecule has 0 atom stereocenters. The predicted molar refractivity (Wildman–Crippen MR) is 108 cm³/mol. The summed E-state index contributed by atoms with van der Waals surface area (Å²) in [5.74, 6) is -0.132. The van der Waals surface area contributed by atoms with E-state index in [1.54, 1.807) is 6.07 Å². The van der Waals surface area contributed by atoms with E-state index in [1.807, 2.05) is 36.4 Å². The molecule has 0 unspecified atom stereocenters. The number of nitrogens with one attached hydrogen (secondary N) is 2. The van der Waals surface area contributed by atoms with Crippen molar-refractivity contribution < 1.29 is 9.21 Å². The van der Waals surface area contributed by atoms with Gasteiger partial charge in [0.25, 0.3) is 5.91 Å². The van der Waals surface area contributed by atoms with Crippen molar-refractivity contribution in [1.82, 2.24) is 5.32 Å². The summed E-state index contributed by atoms with van der Waals surface area (Å²) >= 11 is 5.24. The van der Waals surface area contributed by atoms with Gasteiger partial charge in [0.05, 0.1) is 0 Å². The van der Waals surface area contributed by atoms with Crippen LogP contribution < -0.4 is 15.5 Å². The summed E-state index contributed by atoms with van der Waals surface area (Å²) in [6.07, 6.45) is 2.50. The maximum absolute atomic E-state index is 12.3. The minimum atomic E-state index is -0.368. The third-order valence-corrected chi connectivity index (χ3v) is 4.68. The van der Waals surface area contributed by atoms with Crippen LogP contribution in [-0.4, -0.2) is 24.1 Å². The van der Waals surface area contributed by atoms with Crippen LogP contribution in [0.5, 0.6) is 0 Å². The van der Waals surface area contributed by atoms with E-state index >= 15 is 0 Å². The van der Waals surface area contributed by atoms with Gasteiger partial charge in [-0.05, 0) is 61.5 Å². The molecule has 1 saturated heterocycles. The van der Waals surface area contributed by atoms with E-state index < -0.39 is 0 Å². The highest BCUT2D eigenvalue weighted by Gasteiger charge is 2.14. The van der Waals surface area contributed by atoms with Crippen LogP contribution in [-0.2, 0) is 0 Å². The van der Waals surface area contributed by atoms with Gasteiger partial charge in [-0.2, -0.15) is 0 Å². The van der Waals surface area contributed by atoms with Gasteiger partial charge in [-0.25, -0.2) is 0 Å². The molecule has 6 heteroatoms. The Hall–Kier alpha value is -2.86. The van der Waals surface area contributed by atoms with Crippen LogP contribution in [0.4, 0.5) is 11.4 Å². The number of furan rings is 1. The first kappa shape index (κ1) is 16.6. The molecule has 0 spiro atoms. The minimum Gasteiger partial charge on any atom is -0.451 e. The first-order valence-electron chi connectivity index (χ1n) is 8.65. The molecule has 1 amide bonds. The highest BCUT2D eigenvalue weighted by molar-refractivity contribution is 7.80.